The van der Waals surface area contributed by atoms with E-state index >= 15 is 0 Å². The van der Waals surface area contributed by atoms with Crippen molar-refractivity contribution in [2.24, 2.45) is 5.92 Å². The van der Waals surface area contributed by atoms with Gasteiger partial charge < -0.3 is 4.74 Å². The molecule has 0 aromatic heterocycles. The first-order valence-electron chi connectivity index (χ1n) is 5.64. The molecule has 1 heterocycles. The molecule has 4 nitrogen and oxygen atoms in total. The highest BCUT2D eigenvalue weighted by molar-refractivity contribution is 6.38. The van der Waals surface area contributed by atoms with Crippen LogP contribution in [0.25, 0.3) is 0 Å². The van der Waals surface area contributed by atoms with Gasteiger partial charge in [-0.15, -0.1) is 0 Å². The van der Waals surface area contributed by atoms with Crippen molar-refractivity contribution >= 4 is 11.6 Å². The molecule has 0 N–H and O–H groups in total. The number of nitrogens with zero attached hydrogens (tertiary/aromatic N) is 1. The monoisotopic (exact) mass is 211 g/mol. The molecule has 1 saturated carbocycles. The summed E-state index contributed by atoms with van der Waals surface area (Å²) in [6, 6.07) is 0. The van der Waals surface area contributed by atoms with Gasteiger partial charge in [0.05, 0.1) is 13.2 Å². The molecule has 2 aliphatic rings. The zero-order valence-electron chi connectivity index (χ0n) is 8.91. The van der Waals surface area contributed by atoms with Crippen LogP contribution < -0.4 is 0 Å². The van der Waals surface area contributed by atoms with Crippen LogP contribution in [0.15, 0.2) is 0 Å². The Bertz CT molecular complexity index is 259. The molecule has 0 spiro atoms. The normalized spacial score (nSPS) is 29.5. The maximum atomic E-state index is 11.6. The van der Waals surface area contributed by atoms with E-state index in [0.717, 1.165) is 45.7 Å². The fraction of sp³-hybridized carbons (Fsp3) is 0.818. The van der Waals surface area contributed by atoms with Crippen LogP contribution in [0.4, 0.5) is 0 Å². The molecular weight excluding hydrogens is 194 g/mol. The molecule has 0 radical (unpaired) electrons. The molecule has 4 heteroatoms. The zero-order chi connectivity index (χ0) is 10.7. The van der Waals surface area contributed by atoms with Gasteiger partial charge in [-0.05, 0) is 12.8 Å². The Balaban J connectivity index is 1.86. The lowest BCUT2D eigenvalue weighted by Crippen LogP contribution is -2.43. The van der Waals surface area contributed by atoms with Crippen molar-refractivity contribution in [1.29, 1.82) is 0 Å². The molecule has 84 valence electrons. The second kappa shape index (κ2) is 4.86. The molecule has 2 fully saturated rings. The summed E-state index contributed by atoms with van der Waals surface area (Å²) in [4.78, 5) is 25.1. The van der Waals surface area contributed by atoms with Gasteiger partial charge in [0, 0.05) is 32.0 Å². The van der Waals surface area contributed by atoms with E-state index in [9.17, 15) is 9.59 Å². The first-order valence-corrected chi connectivity index (χ1v) is 5.64. The molecule has 1 aliphatic heterocycles. The van der Waals surface area contributed by atoms with Crippen LogP contribution >= 0.6 is 0 Å². The van der Waals surface area contributed by atoms with Gasteiger partial charge in [-0.2, -0.15) is 0 Å². The number of carbonyl (C=O) groups is 2. The summed E-state index contributed by atoms with van der Waals surface area (Å²) in [5, 5.41) is 0. The van der Waals surface area contributed by atoms with Crippen molar-refractivity contribution in [3.63, 3.8) is 0 Å². The van der Waals surface area contributed by atoms with Crippen LogP contribution in [-0.2, 0) is 14.3 Å². The van der Waals surface area contributed by atoms with Gasteiger partial charge in [0.1, 0.15) is 0 Å². The zero-order valence-corrected chi connectivity index (χ0v) is 8.91. The van der Waals surface area contributed by atoms with Crippen LogP contribution in [0.2, 0.25) is 0 Å². The van der Waals surface area contributed by atoms with Crippen LogP contribution in [-0.4, -0.2) is 49.3 Å². The molecule has 1 aliphatic carbocycles. The lowest BCUT2D eigenvalue weighted by atomic mass is 9.86. The number of morpholine rings is 1. The van der Waals surface area contributed by atoms with Crippen LogP contribution in [0.5, 0.6) is 0 Å². The number of ketones is 2. The fourth-order valence-electron chi connectivity index (χ4n) is 2.26. The molecule has 0 bridgehead atoms. The highest BCUT2D eigenvalue weighted by atomic mass is 16.5. The number of hydrogen-bond donors (Lipinski definition) is 0. The largest absolute Gasteiger partial charge is 0.379 e. The number of ether oxygens (including phenoxy) is 1. The van der Waals surface area contributed by atoms with Crippen molar-refractivity contribution in [3.8, 4) is 0 Å². The summed E-state index contributed by atoms with van der Waals surface area (Å²) in [5.41, 5.74) is 0. The van der Waals surface area contributed by atoms with Gasteiger partial charge in [-0.3, -0.25) is 14.5 Å². The Morgan fingerprint density at radius 1 is 1.27 bits per heavy atom. The first kappa shape index (κ1) is 10.8. The summed E-state index contributed by atoms with van der Waals surface area (Å²) in [6.45, 7) is 4.01. The van der Waals surface area contributed by atoms with Gasteiger partial charge in [-0.1, -0.05) is 0 Å². The van der Waals surface area contributed by atoms with E-state index in [1.54, 1.807) is 0 Å². The Hall–Kier alpha value is -0.740. The average Bonchev–Trinajstić information content (AvgIpc) is 2.26. The lowest BCUT2D eigenvalue weighted by molar-refractivity contribution is -0.141. The fourth-order valence-corrected chi connectivity index (χ4v) is 2.26. The van der Waals surface area contributed by atoms with Crippen LogP contribution in [0.1, 0.15) is 19.3 Å². The molecule has 0 aromatic rings. The molecule has 1 saturated heterocycles. The SMILES string of the molecule is O=C1CCCC(CN2CCOCC2)C1=O. The van der Waals surface area contributed by atoms with E-state index < -0.39 is 0 Å². The standard InChI is InChI=1S/C11H17NO3/c13-10-3-1-2-9(11(10)14)8-12-4-6-15-7-5-12/h9H,1-8H2. The van der Waals surface area contributed by atoms with Crippen LogP contribution in [0, 0.1) is 5.92 Å². The summed E-state index contributed by atoms with van der Waals surface area (Å²) in [6.07, 6.45) is 2.21. The second-order valence-corrected chi connectivity index (χ2v) is 4.29. The third-order valence-electron chi connectivity index (χ3n) is 3.18. The average molecular weight is 211 g/mol. The summed E-state index contributed by atoms with van der Waals surface area (Å²) < 4.78 is 5.24. The van der Waals surface area contributed by atoms with Gasteiger partial charge in [0.2, 0.25) is 5.78 Å². The minimum atomic E-state index is -0.167. The Labute approximate surface area is 89.6 Å². The Morgan fingerprint density at radius 3 is 2.73 bits per heavy atom. The third kappa shape index (κ3) is 2.63. The minimum absolute atomic E-state index is 0.0515. The number of hydrogen-bond acceptors (Lipinski definition) is 4. The first-order chi connectivity index (χ1) is 7.27. The molecule has 2 rings (SSSR count). The van der Waals surface area contributed by atoms with E-state index in [2.05, 4.69) is 4.90 Å². The minimum Gasteiger partial charge on any atom is -0.379 e. The van der Waals surface area contributed by atoms with Gasteiger partial charge >= 0.3 is 0 Å². The third-order valence-corrected chi connectivity index (χ3v) is 3.18. The molecule has 15 heavy (non-hydrogen) atoms. The predicted octanol–water partition coefficient (Wildman–Crippen LogP) is 0.257. The van der Waals surface area contributed by atoms with Crippen molar-refractivity contribution in [3.05, 3.63) is 0 Å². The molecule has 1 atom stereocenters. The van der Waals surface area contributed by atoms with Crippen molar-refractivity contribution in [1.82, 2.24) is 4.90 Å². The van der Waals surface area contributed by atoms with Gasteiger partial charge in [-0.25, -0.2) is 0 Å². The maximum absolute atomic E-state index is 11.6. The van der Waals surface area contributed by atoms with E-state index in [0.29, 0.717) is 6.42 Å². The highest BCUT2D eigenvalue weighted by Crippen LogP contribution is 2.19. The molecule has 1 unspecified atom stereocenters. The maximum Gasteiger partial charge on any atom is 0.202 e. The van der Waals surface area contributed by atoms with Crippen molar-refractivity contribution in [2.75, 3.05) is 32.8 Å². The Morgan fingerprint density at radius 2 is 2.00 bits per heavy atom. The second-order valence-electron chi connectivity index (χ2n) is 4.29. The van der Waals surface area contributed by atoms with E-state index in [-0.39, 0.29) is 17.5 Å². The number of rotatable bonds is 2. The van der Waals surface area contributed by atoms with Crippen molar-refractivity contribution < 1.29 is 14.3 Å². The number of Topliss-reactive ketones (excluding diaryl/α,β-unsaturated/α-hetero) is 2. The quantitative estimate of drug-likeness (QED) is 0.615. The van der Waals surface area contributed by atoms with Gasteiger partial charge in [0.15, 0.2) is 5.78 Å². The summed E-state index contributed by atoms with van der Waals surface area (Å²) in [7, 11) is 0. The van der Waals surface area contributed by atoms with Crippen molar-refractivity contribution in [2.45, 2.75) is 19.3 Å². The van der Waals surface area contributed by atoms with E-state index in [4.69, 9.17) is 4.74 Å². The lowest BCUT2D eigenvalue weighted by Gasteiger charge is -2.30. The molecule has 0 aromatic carbocycles. The topological polar surface area (TPSA) is 46.6 Å². The van der Waals surface area contributed by atoms with Crippen LogP contribution in [0.3, 0.4) is 0 Å². The van der Waals surface area contributed by atoms with E-state index in [1.807, 2.05) is 0 Å². The highest BCUT2D eigenvalue weighted by Gasteiger charge is 2.30. The van der Waals surface area contributed by atoms with E-state index in [1.165, 1.54) is 0 Å². The summed E-state index contributed by atoms with van der Waals surface area (Å²) in [5.74, 6) is -0.364. The Kier molecular flexibility index (Phi) is 3.49. The summed E-state index contributed by atoms with van der Waals surface area (Å²) >= 11 is 0. The number of carbonyl (C=O) groups excluding carboxylic acids is 2. The van der Waals surface area contributed by atoms with Gasteiger partial charge in [0.25, 0.3) is 0 Å². The molecule has 0 amide bonds. The predicted molar refractivity (Wildman–Crippen MR) is 54.6 cm³/mol. The molecular formula is C11H17NO3. The smallest absolute Gasteiger partial charge is 0.202 e.